The van der Waals surface area contributed by atoms with Gasteiger partial charge >= 0.3 is 0 Å². The van der Waals surface area contributed by atoms with Gasteiger partial charge in [-0.2, -0.15) is 0 Å². The molecule has 7 heteroatoms. The van der Waals surface area contributed by atoms with E-state index in [9.17, 15) is 4.79 Å². The highest BCUT2D eigenvalue weighted by Gasteiger charge is 2.11. The van der Waals surface area contributed by atoms with Gasteiger partial charge in [0.2, 0.25) is 11.0 Å². The van der Waals surface area contributed by atoms with Gasteiger partial charge in [0.1, 0.15) is 0 Å². The summed E-state index contributed by atoms with van der Waals surface area (Å²) in [6.07, 6.45) is 2.07. The number of nitrogens with one attached hydrogen (secondary N) is 2. The quantitative estimate of drug-likeness (QED) is 0.684. The molecule has 24 heavy (non-hydrogen) atoms. The molecule has 2 rings (SSSR count). The number of anilines is 2. The SMILES string of the molecule is CCCC(C)NC(=O)CSc1nnc(Nc2cccc(C)c2C)s1. The fourth-order valence-corrected chi connectivity index (χ4v) is 3.84. The van der Waals surface area contributed by atoms with E-state index in [-0.39, 0.29) is 11.9 Å². The van der Waals surface area contributed by atoms with E-state index >= 15 is 0 Å². The Kier molecular flexibility index (Phi) is 7.05. The Balaban J connectivity index is 1.87. The Morgan fingerprint density at radius 1 is 1.33 bits per heavy atom. The minimum absolute atomic E-state index is 0.0418. The molecular weight excluding hydrogens is 340 g/mol. The number of carbonyl (C=O) groups excluding carboxylic acids is 1. The predicted octanol–water partition coefficient (Wildman–Crippen LogP) is 4.30. The number of amides is 1. The fraction of sp³-hybridized carbons (Fsp3) is 0.471. The van der Waals surface area contributed by atoms with Gasteiger partial charge in [-0.25, -0.2) is 0 Å². The summed E-state index contributed by atoms with van der Waals surface area (Å²) in [5.41, 5.74) is 3.47. The van der Waals surface area contributed by atoms with Crippen molar-refractivity contribution in [2.45, 2.75) is 50.9 Å². The molecule has 0 saturated heterocycles. The zero-order chi connectivity index (χ0) is 17.5. The van der Waals surface area contributed by atoms with Crippen LogP contribution < -0.4 is 10.6 Å². The summed E-state index contributed by atoms with van der Waals surface area (Å²) in [5, 5.41) is 15.3. The average molecular weight is 365 g/mol. The minimum atomic E-state index is 0.0418. The lowest BCUT2D eigenvalue weighted by atomic mass is 10.1. The summed E-state index contributed by atoms with van der Waals surface area (Å²) in [4.78, 5) is 11.9. The van der Waals surface area contributed by atoms with E-state index in [0.717, 1.165) is 28.0 Å². The molecule has 0 aliphatic rings. The third kappa shape index (κ3) is 5.49. The zero-order valence-corrected chi connectivity index (χ0v) is 16.2. The molecule has 1 aromatic heterocycles. The van der Waals surface area contributed by atoms with Gasteiger partial charge in [0.25, 0.3) is 0 Å². The van der Waals surface area contributed by atoms with E-state index in [1.165, 1.54) is 34.2 Å². The number of hydrogen-bond acceptors (Lipinski definition) is 6. The van der Waals surface area contributed by atoms with E-state index in [1.54, 1.807) is 0 Å². The molecule has 0 saturated carbocycles. The van der Waals surface area contributed by atoms with Crippen LogP contribution in [-0.2, 0) is 4.79 Å². The van der Waals surface area contributed by atoms with Crippen molar-refractivity contribution < 1.29 is 4.79 Å². The van der Waals surface area contributed by atoms with Crippen LogP contribution in [0, 0.1) is 13.8 Å². The molecular formula is C17H24N4OS2. The first kappa shape index (κ1) is 18.7. The monoisotopic (exact) mass is 364 g/mol. The first-order chi connectivity index (χ1) is 11.5. The maximum Gasteiger partial charge on any atom is 0.230 e. The van der Waals surface area contributed by atoms with Gasteiger partial charge in [0.15, 0.2) is 4.34 Å². The van der Waals surface area contributed by atoms with Crippen LogP contribution in [-0.4, -0.2) is 27.9 Å². The highest BCUT2D eigenvalue weighted by molar-refractivity contribution is 8.01. The second-order valence-corrected chi connectivity index (χ2v) is 7.99. The smallest absolute Gasteiger partial charge is 0.230 e. The number of thioether (sulfide) groups is 1. The molecule has 1 heterocycles. The van der Waals surface area contributed by atoms with E-state index in [0.29, 0.717) is 5.75 Å². The Labute approximate surface area is 151 Å². The van der Waals surface area contributed by atoms with Gasteiger partial charge in [-0.1, -0.05) is 48.6 Å². The molecule has 2 N–H and O–H groups in total. The third-order valence-electron chi connectivity index (χ3n) is 3.71. The highest BCUT2D eigenvalue weighted by atomic mass is 32.2. The van der Waals surface area contributed by atoms with Crippen LogP contribution in [0.25, 0.3) is 0 Å². The summed E-state index contributed by atoms with van der Waals surface area (Å²) < 4.78 is 0.793. The number of aryl methyl sites for hydroxylation is 1. The molecule has 0 radical (unpaired) electrons. The van der Waals surface area contributed by atoms with Crippen LogP contribution in [0.1, 0.15) is 37.8 Å². The molecule has 130 valence electrons. The van der Waals surface area contributed by atoms with Crippen molar-refractivity contribution in [3.8, 4) is 0 Å². The summed E-state index contributed by atoms with van der Waals surface area (Å²) in [7, 11) is 0. The van der Waals surface area contributed by atoms with Crippen molar-refractivity contribution in [2.75, 3.05) is 11.1 Å². The topological polar surface area (TPSA) is 66.9 Å². The predicted molar refractivity (Wildman–Crippen MR) is 102 cm³/mol. The Morgan fingerprint density at radius 2 is 2.12 bits per heavy atom. The number of aromatic nitrogens is 2. The van der Waals surface area contributed by atoms with Crippen molar-refractivity contribution in [3.05, 3.63) is 29.3 Å². The van der Waals surface area contributed by atoms with E-state index < -0.39 is 0 Å². The normalized spacial score (nSPS) is 12.0. The van der Waals surface area contributed by atoms with Crippen LogP contribution in [0.2, 0.25) is 0 Å². The number of nitrogens with zero attached hydrogens (tertiary/aromatic N) is 2. The van der Waals surface area contributed by atoms with Crippen LogP contribution in [0.5, 0.6) is 0 Å². The Hall–Kier alpha value is -1.60. The molecule has 0 bridgehead atoms. The number of rotatable bonds is 8. The molecule has 5 nitrogen and oxygen atoms in total. The van der Waals surface area contributed by atoms with Crippen molar-refractivity contribution in [3.63, 3.8) is 0 Å². The molecule has 0 aliphatic carbocycles. The standard InChI is InChI=1S/C17H24N4OS2/c1-5-7-12(3)18-15(22)10-23-17-21-20-16(24-17)19-14-9-6-8-11(2)13(14)4/h6,8-9,12H,5,7,10H2,1-4H3,(H,18,22)(H,19,20). The van der Waals surface area contributed by atoms with Gasteiger partial charge in [-0.15, -0.1) is 10.2 Å². The van der Waals surface area contributed by atoms with E-state index in [4.69, 9.17) is 0 Å². The van der Waals surface area contributed by atoms with Gasteiger partial charge < -0.3 is 10.6 Å². The molecule has 0 fully saturated rings. The van der Waals surface area contributed by atoms with Gasteiger partial charge in [-0.05, 0) is 44.4 Å². The van der Waals surface area contributed by atoms with Crippen LogP contribution >= 0.6 is 23.1 Å². The molecule has 1 unspecified atom stereocenters. The average Bonchev–Trinajstić information content (AvgIpc) is 2.98. The second-order valence-electron chi connectivity index (χ2n) is 5.79. The van der Waals surface area contributed by atoms with Crippen molar-refractivity contribution in [1.29, 1.82) is 0 Å². The third-order valence-corrected chi connectivity index (χ3v) is 5.68. The maximum absolute atomic E-state index is 11.9. The lowest BCUT2D eigenvalue weighted by Gasteiger charge is -2.11. The second kappa shape index (κ2) is 9.03. The number of carbonyl (C=O) groups is 1. The summed E-state index contributed by atoms with van der Waals surface area (Å²) in [6, 6.07) is 6.35. The Morgan fingerprint density at radius 3 is 2.88 bits per heavy atom. The fourth-order valence-electron chi connectivity index (χ4n) is 2.27. The summed E-state index contributed by atoms with van der Waals surface area (Å²) in [6.45, 7) is 8.31. The summed E-state index contributed by atoms with van der Waals surface area (Å²) in [5.74, 6) is 0.409. The molecule has 0 spiro atoms. The lowest BCUT2D eigenvalue weighted by Crippen LogP contribution is -2.33. The van der Waals surface area contributed by atoms with Gasteiger partial charge in [0, 0.05) is 11.7 Å². The summed E-state index contributed by atoms with van der Waals surface area (Å²) >= 11 is 2.88. The molecule has 2 aromatic rings. The van der Waals surface area contributed by atoms with Gasteiger partial charge in [-0.3, -0.25) is 4.79 Å². The molecule has 1 atom stereocenters. The van der Waals surface area contributed by atoms with Crippen LogP contribution in [0.15, 0.2) is 22.5 Å². The van der Waals surface area contributed by atoms with Crippen molar-refractivity contribution >= 4 is 39.8 Å². The molecule has 1 aromatic carbocycles. The molecule has 0 aliphatic heterocycles. The van der Waals surface area contributed by atoms with Crippen LogP contribution in [0.3, 0.4) is 0 Å². The lowest BCUT2D eigenvalue weighted by molar-refractivity contribution is -0.119. The largest absolute Gasteiger partial charge is 0.353 e. The van der Waals surface area contributed by atoms with Gasteiger partial charge in [0.05, 0.1) is 5.75 Å². The van der Waals surface area contributed by atoms with Crippen molar-refractivity contribution in [2.24, 2.45) is 0 Å². The van der Waals surface area contributed by atoms with E-state index in [1.807, 2.05) is 19.1 Å². The number of benzene rings is 1. The first-order valence-corrected chi connectivity index (χ1v) is 9.88. The maximum atomic E-state index is 11.9. The first-order valence-electron chi connectivity index (χ1n) is 8.08. The molecule has 1 amide bonds. The zero-order valence-electron chi connectivity index (χ0n) is 14.5. The minimum Gasteiger partial charge on any atom is -0.353 e. The van der Waals surface area contributed by atoms with Crippen LogP contribution in [0.4, 0.5) is 10.8 Å². The number of hydrogen-bond donors (Lipinski definition) is 2. The Bertz CT molecular complexity index is 687. The highest BCUT2D eigenvalue weighted by Crippen LogP contribution is 2.29. The van der Waals surface area contributed by atoms with Crippen molar-refractivity contribution in [1.82, 2.24) is 15.5 Å². The van der Waals surface area contributed by atoms with E-state index in [2.05, 4.69) is 47.7 Å².